The molecule has 0 amide bonds. The fourth-order valence-corrected chi connectivity index (χ4v) is 2.25. The molecule has 0 spiro atoms. The van der Waals surface area contributed by atoms with E-state index in [1.165, 1.54) is 0 Å². The molecular formula is C13H8Br2N2. The fraction of sp³-hybridized carbons (Fsp3) is 0. The Morgan fingerprint density at radius 3 is 2.41 bits per heavy atom. The number of benzene rings is 2. The van der Waals surface area contributed by atoms with Crippen LogP contribution in [0.25, 0.3) is 0 Å². The first-order chi connectivity index (χ1) is 8.20. The number of para-hydroxylation sites is 1. The Labute approximate surface area is 117 Å². The van der Waals surface area contributed by atoms with E-state index >= 15 is 0 Å². The highest BCUT2D eigenvalue weighted by atomic mass is 79.9. The van der Waals surface area contributed by atoms with Gasteiger partial charge in [-0.2, -0.15) is 5.26 Å². The van der Waals surface area contributed by atoms with Gasteiger partial charge in [0.1, 0.15) is 6.07 Å². The van der Waals surface area contributed by atoms with Gasteiger partial charge in [0.2, 0.25) is 0 Å². The Balaban J connectivity index is 2.29. The lowest BCUT2D eigenvalue weighted by atomic mass is 10.2. The molecule has 2 aromatic carbocycles. The maximum atomic E-state index is 8.84. The minimum absolute atomic E-state index is 0.627. The van der Waals surface area contributed by atoms with E-state index in [0.29, 0.717) is 5.56 Å². The Morgan fingerprint density at radius 1 is 1.00 bits per heavy atom. The zero-order valence-corrected chi connectivity index (χ0v) is 11.9. The molecule has 0 radical (unpaired) electrons. The zero-order valence-electron chi connectivity index (χ0n) is 8.74. The maximum Gasteiger partial charge on any atom is 0.100 e. The summed E-state index contributed by atoms with van der Waals surface area (Å²) in [4.78, 5) is 0. The van der Waals surface area contributed by atoms with Gasteiger partial charge in [0, 0.05) is 14.6 Å². The number of nitrogens with one attached hydrogen (secondary N) is 1. The molecule has 0 atom stereocenters. The van der Waals surface area contributed by atoms with E-state index in [-0.39, 0.29) is 0 Å². The molecule has 0 aliphatic carbocycles. The van der Waals surface area contributed by atoms with Crippen LogP contribution in [-0.4, -0.2) is 0 Å². The van der Waals surface area contributed by atoms with Crippen LogP contribution in [0.15, 0.2) is 51.4 Å². The van der Waals surface area contributed by atoms with E-state index in [1.54, 1.807) is 6.07 Å². The van der Waals surface area contributed by atoms with Crippen molar-refractivity contribution in [3.63, 3.8) is 0 Å². The van der Waals surface area contributed by atoms with Gasteiger partial charge in [0.15, 0.2) is 0 Å². The smallest absolute Gasteiger partial charge is 0.100 e. The Kier molecular flexibility index (Phi) is 3.82. The molecule has 84 valence electrons. The van der Waals surface area contributed by atoms with Crippen LogP contribution in [0.3, 0.4) is 0 Å². The average molecular weight is 352 g/mol. The second-order valence-electron chi connectivity index (χ2n) is 3.41. The zero-order chi connectivity index (χ0) is 12.3. The van der Waals surface area contributed by atoms with Crippen LogP contribution in [0.4, 0.5) is 11.4 Å². The van der Waals surface area contributed by atoms with Crippen molar-refractivity contribution in [3.05, 3.63) is 57.0 Å². The van der Waals surface area contributed by atoms with Crippen molar-refractivity contribution >= 4 is 43.2 Å². The third-order valence-corrected chi connectivity index (χ3v) is 3.59. The molecule has 0 aliphatic rings. The lowest BCUT2D eigenvalue weighted by molar-refractivity contribution is 1.45. The molecule has 0 aromatic heterocycles. The van der Waals surface area contributed by atoms with Crippen molar-refractivity contribution in [1.82, 2.24) is 0 Å². The average Bonchev–Trinajstić information content (AvgIpc) is 2.32. The molecule has 4 heteroatoms. The summed E-state index contributed by atoms with van der Waals surface area (Å²) in [5, 5.41) is 12.1. The molecule has 0 saturated carbocycles. The molecule has 0 unspecified atom stereocenters. The summed E-state index contributed by atoms with van der Waals surface area (Å²) >= 11 is 6.84. The van der Waals surface area contributed by atoms with Gasteiger partial charge in [-0.15, -0.1) is 0 Å². The number of hydrogen-bond donors (Lipinski definition) is 1. The molecule has 0 fully saturated rings. The SMILES string of the molecule is N#Cc1ccc(Nc2ccccc2Br)cc1Br. The number of anilines is 2. The highest BCUT2D eigenvalue weighted by Crippen LogP contribution is 2.27. The highest BCUT2D eigenvalue weighted by molar-refractivity contribution is 9.11. The molecule has 2 aromatic rings. The monoisotopic (exact) mass is 350 g/mol. The number of nitriles is 1. The first kappa shape index (κ1) is 12.2. The van der Waals surface area contributed by atoms with Crippen LogP contribution in [-0.2, 0) is 0 Å². The fourth-order valence-electron chi connectivity index (χ4n) is 1.40. The molecule has 2 rings (SSSR count). The minimum Gasteiger partial charge on any atom is -0.355 e. The van der Waals surface area contributed by atoms with Crippen molar-refractivity contribution in [3.8, 4) is 6.07 Å². The topological polar surface area (TPSA) is 35.8 Å². The van der Waals surface area contributed by atoms with Crippen LogP contribution in [0.5, 0.6) is 0 Å². The van der Waals surface area contributed by atoms with Crippen LogP contribution in [0.1, 0.15) is 5.56 Å². The lowest BCUT2D eigenvalue weighted by Gasteiger charge is -2.09. The van der Waals surface area contributed by atoms with Gasteiger partial charge < -0.3 is 5.32 Å². The summed E-state index contributed by atoms with van der Waals surface area (Å²) in [7, 11) is 0. The van der Waals surface area contributed by atoms with Crippen molar-refractivity contribution in [2.45, 2.75) is 0 Å². The summed E-state index contributed by atoms with van der Waals surface area (Å²) in [5.74, 6) is 0. The van der Waals surface area contributed by atoms with Crippen molar-refractivity contribution in [1.29, 1.82) is 5.26 Å². The maximum absolute atomic E-state index is 8.84. The minimum atomic E-state index is 0.627. The molecule has 0 heterocycles. The highest BCUT2D eigenvalue weighted by Gasteiger charge is 2.02. The number of nitrogens with zero attached hydrogens (tertiary/aromatic N) is 1. The molecule has 0 saturated heterocycles. The number of hydrogen-bond acceptors (Lipinski definition) is 2. The molecule has 17 heavy (non-hydrogen) atoms. The van der Waals surface area contributed by atoms with Crippen LogP contribution < -0.4 is 5.32 Å². The third kappa shape index (κ3) is 2.87. The Morgan fingerprint density at radius 2 is 1.76 bits per heavy atom. The van der Waals surface area contributed by atoms with E-state index in [4.69, 9.17) is 5.26 Å². The molecular weight excluding hydrogens is 344 g/mol. The Bertz CT molecular complexity index is 588. The summed E-state index contributed by atoms with van der Waals surface area (Å²) in [6.07, 6.45) is 0. The van der Waals surface area contributed by atoms with Crippen molar-refractivity contribution in [2.75, 3.05) is 5.32 Å². The van der Waals surface area contributed by atoms with Crippen molar-refractivity contribution < 1.29 is 0 Å². The van der Waals surface area contributed by atoms with Crippen LogP contribution in [0.2, 0.25) is 0 Å². The van der Waals surface area contributed by atoms with Crippen molar-refractivity contribution in [2.24, 2.45) is 0 Å². The number of halogens is 2. The molecule has 0 aliphatic heterocycles. The van der Waals surface area contributed by atoms with Gasteiger partial charge in [0.05, 0.1) is 11.3 Å². The first-order valence-corrected chi connectivity index (χ1v) is 6.50. The van der Waals surface area contributed by atoms with E-state index in [0.717, 1.165) is 20.3 Å². The van der Waals surface area contributed by atoms with E-state index < -0.39 is 0 Å². The third-order valence-electron chi connectivity index (χ3n) is 2.24. The first-order valence-electron chi connectivity index (χ1n) is 4.92. The number of rotatable bonds is 2. The quantitative estimate of drug-likeness (QED) is 0.841. The van der Waals surface area contributed by atoms with Crippen LogP contribution >= 0.6 is 31.9 Å². The summed E-state index contributed by atoms with van der Waals surface area (Å²) in [5.41, 5.74) is 2.55. The van der Waals surface area contributed by atoms with E-state index in [2.05, 4.69) is 43.2 Å². The second kappa shape index (κ2) is 5.35. The summed E-state index contributed by atoms with van der Waals surface area (Å²) < 4.78 is 1.79. The van der Waals surface area contributed by atoms with Gasteiger partial charge in [-0.25, -0.2) is 0 Å². The predicted molar refractivity (Wildman–Crippen MR) is 76.3 cm³/mol. The van der Waals surface area contributed by atoms with Crippen LogP contribution in [0, 0.1) is 11.3 Å². The van der Waals surface area contributed by atoms with Gasteiger partial charge in [-0.05, 0) is 62.2 Å². The van der Waals surface area contributed by atoms with Gasteiger partial charge in [0.25, 0.3) is 0 Å². The Hall–Kier alpha value is -1.31. The second-order valence-corrected chi connectivity index (χ2v) is 5.12. The molecule has 0 bridgehead atoms. The summed E-state index contributed by atoms with van der Waals surface area (Å²) in [6, 6.07) is 15.5. The summed E-state index contributed by atoms with van der Waals surface area (Å²) in [6.45, 7) is 0. The standard InChI is InChI=1S/C13H8Br2N2/c14-11-3-1-2-4-13(11)17-10-6-5-9(8-16)12(15)7-10/h1-7,17H. The van der Waals surface area contributed by atoms with E-state index in [1.807, 2.05) is 36.4 Å². The lowest BCUT2D eigenvalue weighted by Crippen LogP contribution is -1.91. The van der Waals surface area contributed by atoms with Gasteiger partial charge in [-0.3, -0.25) is 0 Å². The van der Waals surface area contributed by atoms with Gasteiger partial charge in [-0.1, -0.05) is 12.1 Å². The molecule has 1 N–H and O–H groups in total. The largest absolute Gasteiger partial charge is 0.355 e. The van der Waals surface area contributed by atoms with E-state index in [9.17, 15) is 0 Å². The normalized spacial score (nSPS) is 9.71. The predicted octanol–water partition coefficient (Wildman–Crippen LogP) is 4.83. The molecule has 2 nitrogen and oxygen atoms in total. The van der Waals surface area contributed by atoms with Gasteiger partial charge >= 0.3 is 0 Å².